The zero-order valence-corrected chi connectivity index (χ0v) is 12.7. The summed E-state index contributed by atoms with van der Waals surface area (Å²) in [5.41, 5.74) is 2.08. The smallest absolute Gasteiger partial charge is 0.244 e. The van der Waals surface area contributed by atoms with Crippen LogP contribution in [0.25, 0.3) is 6.08 Å². The molecule has 5 heteroatoms. The van der Waals surface area contributed by atoms with Crippen molar-refractivity contribution in [1.29, 1.82) is 0 Å². The summed E-state index contributed by atoms with van der Waals surface area (Å²) < 4.78 is 0.690. The monoisotopic (exact) mass is 319 g/mol. The Morgan fingerprint density at radius 1 is 1.33 bits per heavy atom. The van der Waals surface area contributed by atoms with Crippen molar-refractivity contribution in [2.24, 2.45) is 0 Å². The Balaban J connectivity index is 1.69. The van der Waals surface area contributed by atoms with E-state index in [1.54, 1.807) is 12.1 Å². The first-order valence-electron chi connectivity index (χ1n) is 6.63. The van der Waals surface area contributed by atoms with Crippen molar-refractivity contribution in [1.82, 2.24) is 5.32 Å². The van der Waals surface area contributed by atoms with Gasteiger partial charge in [-0.05, 0) is 29.3 Å². The first-order chi connectivity index (χ1) is 10.1. The van der Waals surface area contributed by atoms with Crippen LogP contribution in [0, 0.1) is 0 Å². The number of hydrogen-bond acceptors (Lipinski definition) is 3. The van der Waals surface area contributed by atoms with Crippen molar-refractivity contribution in [2.45, 2.75) is 18.6 Å². The molecule has 0 saturated heterocycles. The number of amides is 1. The van der Waals surface area contributed by atoms with E-state index in [0.717, 1.165) is 16.0 Å². The second-order valence-electron chi connectivity index (χ2n) is 4.93. The lowest BCUT2D eigenvalue weighted by molar-refractivity contribution is -0.117. The second kappa shape index (κ2) is 6.02. The Kier molecular flexibility index (Phi) is 4.10. The van der Waals surface area contributed by atoms with Gasteiger partial charge in [-0.1, -0.05) is 35.9 Å². The maximum absolute atomic E-state index is 12.0. The average Bonchev–Trinajstić information content (AvgIpc) is 3.01. The molecule has 1 aliphatic carbocycles. The highest BCUT2D eigenvalue weighted by molar-refractivity contribution is 7.17. The number of halogens is 1. The van der Waals surface area contributed by atoms with Gasteiger partial charge in [-0.2, -0.15) is 0 Å². The van der Waals surface area contributed by atoms with Crippen LogP contribution >= 0.6 is 22.9 Å². The Labute approximate surface area is 131 Å². The van der Waals surface area contributed by atoms with Gasteiger partial charge in [-0.25, -0.2) is 0 Å². The molecule has 1 aromatic heterocycles. The number of rotatable bonds is 3. The summed E-state index contributed by atoms with van der Waals surface area (Å²) in [5.74, 6) is -0.222. The Morgan fingerprint density at radius 2 is 2.14 bits per heavy atom. The lowest BCUT2D eigenvalue weighted by Gasteiger charge is -2.16. The van der Waals surface area contributed by atoms with Gasteiger partial charge in [0.05, 0.1) is 16.5 Å². The van der Waals surface area contributed by atoms with E-state index in [4.69, 9.17) is 11.6 Å². The molecule has 0 spiro atoms. The van der Waals surface area contributed by atoms with Crippen LogP contribution in [-0.2, 0) is 11.2 Å². The third-order valence-corrected chi connectivity index (χ3v) is 4.69. The first kappa shape index (κ1) is 14.3. The lowest BCUT2D eigenvalue weighted by Crippen LogP contribution is -2.32. The highest BCUT2D eigenvalue weighted by Crippen LogP contribution is 2.31. The number of benzene rings is 1. The van der Waals surface area contributed by atoms with Crippen LogP contribution < -0.4 is 5.32 Å². The number of nitrogens with one attached hydrogen (secondary N) is 1. The zero-order valence-electron chi connectivity index (χ0n) is 11.1. The molecule has 108 valence electrons. The number of hydrogen-bond donors (Lipinski definition) is 2. The van der Waals surface area contributed by atoms with Gasteiger partial charge < -0.3 is 10.4 Å². The number of thiophene rings is 1. The molecule has 3 nitrogen and oxygen atoms in total. The second-order valence-corrected chi connectivity index (χ2v) is 6.68. The van der Waals surface area contributed by atoms with Gasteiger partial charge in [0.15, 0.2) is 0 Å². The van der Waals surface area contributed by atoms with E-state index >= 15 is 0 Å². The van der Waals surface area contributed by atoms with Gasteiger partial charge in [-0.15, -0.1) is 11.3 Å². The van der Waals surface area contributed by atoms with Crippen molar-refractivity contribution < 1.29 is 9.90 Å². The van der Waals surface area contributed by atoms with Gasteiger partial charge in [0.1, 0.15) is 0 Å². The zero-order chi connectivity index (χ0) is 14.8. The van der Waals surface area contributed by atoms with Crippen molar-refractivity contribution in [3.8, 4) is 0 Å². The van der Waals surface area contributed by atoms with E-state index in [-0.39, 0.29) is 11.9 Å². The molecule has 3 rings (SSSR count). The minimum atomic E-state index is -0.573. The highest BCUT2D eigenvalue weighted by Gasteiger charge is 2.31. The van der Waals surface area contributed by atoms with E-state index < -0.39 is 6.10 Å². The fourth-order valence-corrected chi connectivity index (χ4v) is 3.49. The predicted molar refractivity (Wildman–Crippen MR) is 85.4 cm³/mol. The summed E-state index contributed by atoms with van der Waals surface area (Å²) in [4.78, 5) is 12.9. The Morgan fingerprint density at radius 3 is 2.90 bits per heavy atom. The fourth-order valence-electron chi connectivity index (χ4n) is 2.52. The molecular weight excluding hydrogens is 306 g/mol. The summed E-state index contributed by atoms with van der Waals surface area (Å²) in [7, 11) is 0. The first-order valence-corrected chi connectivity index (χ1v) is 7.83. The van der Waals surface area contributed by atoms with Gasteiger partial charge in [-0.3, -0.25) is 4.79 Å². The van der Waals surface area contributed by atoms with E-state index in [2.05, 4.69) is 5.32 Å². The molecule has 2 atom stereocenters. The van der Waals surface area contributed by atoms with E-state index in [1.165, 1.54) is 17.4 Å². The molecule has 2 N–H and O–H groups in total. The lowest BCUT2D eigenvalue weighted by atomic mass is 10.1. The van der Waals surface area contributed by atoms with Crippen molar-refractivity contribution in [3.63, 3.8) is 0 Å². The van der Waals surface area contributed by atoms with Gasteiger partial charge in [0.25, 0.3) is 0 Å². The number of carbonyl (C=O) groups excluding carboxylic acids is 1. The number of aliphatic hydroxyl groups excluding tert-OH is 1. The summed E-state index contributed by atoms with van der Waals surface area (Å²) in [5, 5.41) is 13.0. The largest absolute Gasteiger partial charge is 0.390 e. The third kappa shape index (κ3) is 3.18. The molecule has 21 heavy (non-hydrogen) atoms. The Bertz CT molecular complexity index is 695. The minimum Gasteiger partial charge on any atom is -0.390 e. The van der Waals surface area contributed by atoms with Crippen molar-refractivity contribution in [3.05, 3.63) is 62.8 Å². The van der Waals surface area contributed by atoms with Crippen molar-refractivity contribution in [2.75, 3.05) is 0 Å². The summed E-state index contributed by atoms with van der Waals surface area (Å²) in [6.45, 7) is 0. The van der Waals surface area contributed by atoms with Crippen LogP contribution in [0.3, 0.4) is 0 Å². The number of aliphatic hydroxyl groups is 1. The minimum absolute atomic E-state index is 0.222. The maximum Gasteiger partial charge on any atom is 0.244 e. The van der Waals surface area contributed by atoms with Crippen LogP contribution in [0.2, 0.25) is 4.34 Å². The summed E-state index contributed by atoms with van der Waals surface area (Å²) in [6.07, 6.45) is 3.19. The summed E-state index contributed by atoms with van der Waals surface area (Å²) in [6, 6.07) is 11.1. The van der Waals surface area contributed by atoms with Crippen LogP contribution in [0.4, 0.5) is 0 Å². The highest BCUT2D eigenvalue weighted by atomic mass is 35.5. The molecule has 2 unspecified atom stereocenters. The fraction of sp³-hybridized carbons (Fsp3) is 0.188. The van der Waals surface area contributed by atoms with Crippen LogP contribution in [0.5, 0.6) is 0 Å². The molecular formula is C16H14ClNO2S. The molecule has 0 saturated carbocycles. The molecule has 0 bridgehead atoms. The average molecular weight is 320 g/mol. The molecule has 1 heterocycles. The number of carbonyl (C=O) groups is 1. The van der Waals surface area contributed by atoms with E-state index in [1.807, 2.05) is 30.3 Å². The molecule has 2 aromatic rings. The molecule has 1 aromatic carbocycles. The normalized spacial score (nSPS) is 20.7. The standard InChI is InChI=1S/C16H14ClNO2S/c17-14-7-5-11(21-14)6-8-15(20)18-16-12-4-2-1-3-10(12)9-13(16)19/h1-8,13,16,19H,9H2,(H,18,20)/b8-6+. The van der Waals surface area contributed by atoms with Crippen LogP contribution in [-0.4, -0.2) is 17.1 Å². The van der Waals surface area contributed by atoms with E-state index in [0.29, 0.717) is 10.8 Å². The SMILES string of the molecule is O=C(/C=C/c1ccc(Cl)s1)NC1c2ccccc2CC1O. The third-order valence-electron chi connectivity index (χ3n) is 3.49. The van der Waals surface area contributed by atoms with E-state index in [9.17, 15) is 9.90 Å². The van der Waals surface area contributed by atoms with Gasteiger partial charge >= 0.3 is 0 Å². The quantitative estimate of drug-likeness (QED) is 0.854. The van der Waals surface area contributed by atoms with Crippen molar-refractivity contribution >= 4 is 34.9 Å². The Hall–Kier alpha value is -1.62. The molecule has 0 fully saturated rings. The van der Waals surface area contributed by atoms with Crippen LogP contribution in [0.1, 0.15) is 22.0 Å². The summed E-state index contributed by atoms with van der Waals surface area (Å²) >= 11 is 7.25. The molecule has 0 radical (unpaired) electrons. The van der Waals surface area contributed by atoms with Crippen LogP contribution in [0.15, 0.2) is 42.5 Å². The molecule has 1 aliphatic rings. The van der Waals surface area contributed by atoms with Gasteiger partial charge in [0, 0.05) is 17.4 Å². The van der Waals surface area contributed by atoms with Gasteiger partial charge in [0.2, 0.25) is 5.91 Å². The maximum atomic E-state index is 12.0. The predicted octanol–water partition coefficient (Wildman–Crippen LogP) is 3.19. The topological polar surface area (TPSA) is 49.3 Å². The molecule has 1 amide bonds. The molecule has 0 aliphatic heterocycles. The number of fused-ring (bicyclic) bond motifs is 1.